The Balaban J connectivity index is 5.07. The van der Waals surface area contributed by atoms with Crippen molar-refractivity contribution >= 4 is 19.7 Å². The van der Waals surface area contributed by atoms with Crippen LogP contribution >= 0.6 is 7.82 Å². The van der Waals surface area contributed by atoms with Crippen LogP contribution in [0.5, 0.6) is 0 Å². The van der Waals surface area contributed by atoms with E-state index in [0.717, 1.165) is 51.4 Å². The molecule has 0 spiro atoms. The number of rotatable bonds is 60. The SMILES string of the molecule is CCCCCCCC/C=C\C/C=C/CCC(=O)OC(/C=C\CCCCCCCCCCCC)C(COP(=O)([O-])OCC[N+](C)(C)C)NC(=O)CCCCCCCCCCCCCCCCCCCCCCCCCCC. The zero-order valence-corrected chi connectivity index (χ0v) is 52.1. The fourth-order valence-electron chi connectivity index (χ4n) is 9.75. The molecule has 9 nitrogen and oxygen atoms in total. The van der Waals surface area contributed by atoms with Gasteiger partial charge in [-0.05, 0) is 51.0 Å². The highest BCUT2D eigenvalue weighted by Crippen LogP contribution is 2.38. The summed E-state index contributed by atoms with van der Waals surface area (Å²) < 4.78 is 30.3. The van der Waals surface area contributed by atoms with Crippen molar-refractivity contribution in [3.05, 3.63) is 36.5 Å². The van der Waals surface area contributed by atoms with Crippen molar-refractivity contribution < 1.29 is 37.3 Å². The predicted molar refractivity (Wildman–Crippen MR) is 326 cm³/mol. The lowest BCUT2D eigenvalue weighted by molar-refractivity contribution is -0.870. The van der Waals surface area contributed by atoms with Crippen LogP contribution in [0.15, 0.2) is 36.5 Å². The van der Waals surface area contributed by atoms with E-state index in [1.54, 1.807) is 0 Å². The fourth-order valence-corrected chi connectivity index (χ4v) is 10.5. The first kappa shape index (κ1) is 74.2. The van der Waals surface area contributed by atoms with Crippen molar-refractivity contribution in [3.8, 4) is 0 Å². The maximum absolute atomic E-state index is 13.5. The third-order valence-electron chi connectivity index (χ3n) is 14.8. The molecule has 1 N–H and O–H groups in total. The van der Waals surface area contributed by atoms with E-state index < -0.39 is 32.5 Å². The molecule has 0 heterocycles. The molecular formula is C66H127N2O7P. The van der Waals surface area contributed by atoms with E-state index in [1.165, 1.54) is 231 Å². The van der Waals surface area contributed by atoms with Gasteiger partial charge in [0, 0.05) is 12.8 Å². The van der Waals surface area contributed by atoms with Crippen LogP contribution in [0.3, 0.4) is 0 Å². The fraction of sp³-hybridized carbons (Fsp3) is 0.879. The molecule has 3 atom stereocenters. The average Bonchev–Trinajstić information content (AvgIpc) is 3.38. The Kier molecular flexibility index (Phi) is 55.2. The lowest BCUT2D eigenvalue weighted by Gasteiger charge is -2.30. The Hall–Kier alpha value is -1.77. The number of carbonyl (C=O) groups is 2. The molecule has 0 aliphatic rings. The minimum Gasteiger partial charge on any atom is -0.756 e. The molecule has 0 aromatic rings. The zero-order chi connectivity index (χ0) is 55.7. The topological polar surface area (TPSA) is 114 Å². The second kappa shape index (κ2) is 56.5. The number of nitrogens with one attached hydrogen (secondary N) is 1. The van der Waals surface area contributed by atoms with Crippen LogP contribution in [0.4, 0.5) is 0 Å². The highest BCUT2D eigenvalue weighted by Gasteiger charge is 2.27. The molecule has 0 bridgehead atoms. The Morgan fingerprint density at radius 3 is 1.21 bits per heavy atom. The summed E-state index contributed by atoms with van der Waals surface area (Å²) in [7, 11) is 1.17. The highest BCUT2D eigenvalue weighted by molar-refractivity contribution is 7.45. The van der Waals surface area contributed by atoms with Gasteiger partial charge in [-0.2, -0.15) is 0 Å². The molecule has 0 saturated heterocycles. The smallest absolute Gasteiger partial charge is 0.306 e. The van der Waals surface area contributed by atoms with Gasteiger partial charge in [-0.25, -0.2) is 0 Å². The van der Waals surface area contributed by atoms with Crippen LogP contribution in [-0.4, -0.2) is 69.4 Å². The van der Waals surface area contributed by atoms with Gasteiger partial charge in [-0.1, -0.05) is 295 Å². The van der Waals surface area contributed by atoms with Gasteiger partial charge in [0.05, 0.1) is 33.8 Å². The number of phosphoric acid groups is 1. The van der Waals surface area contributed by atoms with Crippen LogP contribution < -0.4 is 10.2 Å². The summed E-state index contributed by atoms with van der Waals surface area (Å²) in [6.07, 6.45) is 68.6. The van der Waals surface area contributed by atoms with Crippen molar-refractivity contribution in [2.24, 2.45) is 0 Å². The van der Waals surface area contributed by atoms with Gasteiger partial charge in [0.1, 0.15) is 19.3 Å². The number of nitrogens with zero attached hydrogens (tertiary/aromatic N) is 1. The van der Waals surface area contributed by atoms with E-state index in [9.17, 15) is 19.0 Å². The van der Waals surface area contributed by atoms with Gasteiger partial charge in [-0.3, -0.25) is 14.2 Å². The van der Waals surface area contributed by atoms with E-state index in [0.29, 0.717) is 23.9 Å². The molecule has 3 unspecified atom stereocenters. The first-order chi connectivity index (χ1) is 36.9. The van der Waals surface area contributed by atoms with E-state index in [4.69, 9.17) is 13.8 Å². The van der Waals surface area contributed by atoms with Crippen LogP contribution in [0, 0.1) is 0 Å². The standard InChI is InChI=1S/C66H127N2O7P/c1-7-10-13-16-19-22-25-28-29-30-31-32-33-34-35-36-37-38-39-41-43-46-49-52-55-58-65(69)67-63(62-74-76(71,72)73-61-60-68(4,5)6)64(57-54-51-48-45-42-27-24-21-18-15-12-9-3)75-66(70)59-56-53-50-47-44-40-26-23-20-17-14-11-8-2/h40,44,50,53-54,57,63-64H,7-39,41-43,45-49,51-52,55-56,58-62H2,1-6H3,(H-,67,69,71,72)/b44-40-,53-50+,57-54-. The van der Waals surface area contributed by atoms with Crippen LogP contribution in [0.25, 0.3) is 0 Å². The quantitative estimate of drug-likeness (QED) is 0.0212. The monoisotopic (exact) mass is 1090 g/mol. The summed E-state index contributed by atoms with van der Waals surface area (Å²) in [5.74, 6) is -0.605. The van der Waals surface area contributed by atoms with Crippen molar-refractivity contribution in [1.82, 2.24) is 5.32 Å². The molecular weight excluding hydrogens is 964 g/mol. The Labute approximate surface area is 472 Å². The summed E-state index contributed by atoms with van der Waals surface area (Å²) in [4.78, 5) is 39.9. The molecule has 10 heteroatoms. The third-order valence-corrected chi connectivity index (χ3v) is 15.8. The number of carbonyl (C=O) groups excluding carboxylic acids is 2. The van der Waals surface area contributed by atoms with Crippen molar-refractivity contribution in [1.29, 1.82) is 0 Å². The van der Waals surface area contributed by atoms with Crippen molar-refractivity contribution in [3.63, 3.8) is 0 Å². The van der Waals surface area contributed by atoms with E-state index in [1.807, 2.05) is 39.4 Å². The number of hydrogen-bond acceptors (Lipinski definition) is 7. The number of ether oxygens (including phenoxy) is 1. The molecule has 0 aromatic heterocycles. The number of allylic oxidation sites excluding steroid dienone is 5. The maximum atomic E-state index is 13.5. The van der Waals surface area contributed by atoms with E-state index in [2.05, 4.69) is 44.3 Å². The Morgan fingerprint density at radius 1 is 0.461 bits per heavy atom. The molecule has 0 saturated carbocycles. The van der Waals surface area contributed by atoms with Crippen LogP contribution in [-0.2, 0) is 27.9 Å². The number of unbranched alkanes of at least 4 members (excludes halogenated alkanes) is 40. The third kappa shape index (κ3) is 56.9. The van der Waals surface area contributed by atoms with Crippen LogP contribution in [0.2, 0.25) is 0 Å². The number of likely N-dealkylation sites (N-methyl/N-ethyl adjacent to an activating group) is 1. The van der Waals surface area contributed by atoms with E-state index in [-0.39, 0.29) is 18.9 Å². The van der Waals surface area contributed by atoms with Crippen molar-refractivity contribution in [2.45, 2.75) is 335 Å². The second-order valence-electron chi connectivity index (χ2n) is 23.6. The first-order valence-corrected chi connectivity index (χ1v) is 34.3. The summed E-state index contributed by atoms with van der Waals surface area (Å²) >= 11 is 0. The Morgan fingerprint density at radius 2 is 0.816 bits per heavy atom. The molecule has 0 radical (unpaired) electrons. The molecule has 76 heavy (non-hydrogen) atoms. The molecule has 0 fully saturated rings. The highest BCUT2D eigenvalue weighted by atomic mass is 31.2. The molecule has 0 aromatic carbocycles. The Bertz CT molecular complexity index is 1400. The zero-order valence-electron chi connectivity index (χ0n) is 51.2. The summed E-state index contributed by atoms with van der Waals surface area (Å²) in [6, 6.07) is -0.906. The number of phosphoric ester groups is 1. The normalized spacial score (nSPS) is 13.8. The number of esters is 1. The predicted octanol–water partition coefficient (Wildman–Crippen LogP) is 19.7. The molecule has 0 aliphatic carbocycles. The first-order valence-electron chi connectivity index (χ1n) is 32.8. The van der Waals surface area contributed by atoms with Crippen LogP contribution in [0.1, 0.15) is 323 Å². The van der Waals surface area contributed by atoms with E-state index >= 15 is 0 Å². The van der Waals surface area contributed by atoms with Gasteiger partial charge in [0.25, 0.3) is 7.82 Å². The summed E-state index contributed by atoms with van der Waals surface area (Å²) in [5, 5.41) is 3.02. The van der Waals surface area contributed by atoms with Gasteiger partial charge < -0.3 is 28.5 Å². The lowest BCUT2D eigenvalue weighted by atomic mass is 10.0. The van der Waals surface area contributed by atoms with Gasteiger partial charge in [-0.15, -0.1) is 0 Å². The number of quaternary nitrogens is 1. The molecule has 0 aliphatic heterocycles. The lowest BCUT2D eigenvalue weighted by Crippen LogP contribution is -2.47. The van der Waals surface area contributed by atoms with Gasteiger partial charge in [0.2, 0.25) is 5.91 Å². The summed E-state index contributed by atoms with van der Waals surface area (Å²) in [5.41, 5.74) is 0. The van der Waals surface area contributed by atoms with Crippen molar-refractivity contribution in [2.75, 3.05) is 40.9 Å². The summed E-state index contributed by atoms with van der Waals surface area (Å²) in [6.45, 7) is 6.84. The molecule has 1 amide bonds. The molecule has 0 rings (SSSR count). The minimum atomic E-state index is -4.70. The number of amides is 1. The van der Waals surface area contributed by atoms with Gasteiger partial charge >= 0.3 is 5.97 Å². The minimum absolute atomic E-state index is 0.0273. The number of hydrogen-bond donors (Lipinski definition) is 1. The average molecular weight is 1090 g/mol. The molecule has 448 valence electrons. The largest absolute Gasteiger partial charge is 0.756 e. The maximum Gasteiger partial charge on any atom is 0.306 e. The second-order valence-corrected chi connectivity index (χ2v) is 25.0. The van der Waals surface area contributed by atoms with Gasteiger partial charge in [0.15, 0.2) is 0 Å².